The van der Waals surface area contributed by atoms with Crippen molar-refractivity contribution in [1.29, 1.82) is 5.39 Å². The summed E-state index contributed by atoms with van der Waals surface area (Å²) in [6.45, 7) is 0. The summed E-state index contributed by atoms with van der Waals surface area (Å²) in [4.78, 5) is 3.00. The van der Waals surface area contributed by atoms with Gasteiger partial charge in [-0.2, -0.15) is 5.10 Å². The highest BCUT2D eigenvalue weighted by Gasteiger charge is 2.15. The molecule has 0 bridgehead atoms. The van der Waals surface area contributed by atoms with Crippen molar-refractivity contribution < 1.29 is 0 Å². The van der Waals surface area contributed by atoms with Crippen molar-refractivity contribution in [2.24, 2.45) is 0 Å². The maximum absolute atomic E-state index is 8.50. The topological polar surface area (TPSA) is 56.8 Å². The predicted molar refractivity (Wildman–Crippen MR) is 45.8 cm³/mol. The highest BCUT2D eigenvalue weighted by molar-refractivity contribution is 6.31. The fourth-order valence-corrected chi connectivity index (χ4v) is 1.23. The van der Waals surface area contributed by atoms with Gasteiger partial charge in [-0.05, 0) is 18.2 Å². The lowest BCUT2D eigenvalue weighted by Gasteiger charge is -1.85. The van der Waals surface area contributed by atoms with Gasteiger partial charge < -0.3 is 0 Å². The molecule has 2 aromatic rings. The number of benzene rings is 1. The molecule has 0 spiro atoms. The molecule has 0 fully saturated rings. The number of nitrogens with one attached hydrogen (secondary N) is 1. The quantitative estimate of drug-likeness (QED) is 0.632. The summed E-state index contributed by atoms with van der Waals surface area (Å²) in [6.07, 6.45) is 0. The Morgan fingerprint density at radius 3 is 3.08 bits per heavy atom. The van der Waals surface area contributed by atoms with E-state index in [-0.39, 0.29) is 5.82 Å². The average molecular weight is 180 g/mol. The Bertz CT molecular complexity index is 468. The van der Waals surface area contributed by atoms with E-state index in [0.717, 1.165) is 10.9 Å². The van der Waals surface area contributed by atoms with Crippen molar-refractivity contribution in [3.8, 4) is 0 Å². The number of hydrogen-bond donors (Lipinski definition) is 1. The van der Waals surface area contributed by atoms with E-state index in [1.54, 1.807) is 18.2 Å². The molecular weight excluding hydrogens is 176 g/mol. The first-order valence-corrected chi connectivity index (χ1v) is 3.68. The van der Waals surface area contributed by atoms with Crippen LogP contribution in [-0.2, 0) is 0 Å². The minimum absolute atomic E-state index is 0.279. The van der Waals surface area contributed by atoms with Crippen LogP contribution in [-0.4, -0.2) is 10.2 Å². The maximum Gasteiger partial charge on any atom is 0.495 e. The minimum Gasteiger partial charge on any atom is -0.183 e. The molecule has 0 unspecified atom stereocenters. The number of aromatic amines is 1. The molecule has 0 saturated carbocycles. The number of hydrogen-bond acceptors (Lipinski definition) is 2. The van der Waals surface area contributed by atoms with Crippen LogP contribution in [0.3, 0.4) is 0 Å². The number of aromatic nitrogens is 2. The van der Waals surface area contributed by atoms with E-state index < -0.39 is 0 Å². The first-order chi connectivity index (χ1) is 5.81. The summed E-state index contributed by atoms with van der Waals surface area (Å²) >= 11 is 5.73. The van der Waals surface area contributed by atoms with Gasteiger partial charge in [0.1, 0.15) is 5.39 Å². The van der Waals surface area contributed by atoms with E-state index in [1.807, 2.05) is 0 Å². The zero-order valence-corrected chi connectivity index (χ0v) is 6.71. The Balaban J connectivity index is 2.84. The SMILES string of the molecule is N#[N+]c1n[nH]c2cc(Cl)ccc12. The normalized spacial score (nSPS) is 10.0. The Labute approximate surface area is 72.8 Å². The van der Waals surface area contributed by atoms with Crippen LogP contribution >= 0.6 is 11.6 Å². The van der Waals surface area contributed by atoms with E-state index in [0.29, 0.717) is 5.02 Å². The van der Waals surface area contributed by atoms with E-state index in [2.05, 4.69) is 15.2 Å². The van der Waals surface area contributed by atoms with Crippen molar-refractivity contribution in [3.05, 3.63) is 28.2 Å². The second-order valence-corrected chi connectivity index (χ2v) is 2.77. The number of diazo groups is 1. The molecule has 1 heterocycles. The van der Waals surface area contributed by atoms with Gasteiger partial charge in [0.25, 0.3) is 0 Å². The first-order valence-electron chi connectivity index (χ1n) is 3.30. The number of nitrogens with zero attached hydrogens (tertiary/aromatic N) is 3. The van der Waals surface area contributed by atoms with Crippen molar-refractivity contribution in [3.63, 3.8) is 0 Å². The van der Waals surface area contributed by atoms with Gasteiger partial charge in [0.2, 0.25) is 0 Å². The van der Waals surface area contributed by atoms with Crippen molar-refractivity contribution in [1.82, 2.24) is 10.2 Å². The van der Waals surface area contributed by atoms with Gasteiger partial charge in [-0.3, -0.25) is 0 Å². The van der Waals surface area contributed by atoms with Gasteiger partial charge >= 0.3 is 5.82 Å². The Morgan fingerprint density at radius 1 is 1.50 bits per heavy atom. The molecule has 0 aliphatic carbocycles. The molecule has 0 aliphatic heterocycles. The summed E-state index contributed by atoms with van der Waals surface area (Å²) in [5.41, 5.74) is 0.760. The van der Waals surface area contributed by atoms with Crippen molar-refractivity contribution in [2.75, 3.05) is 0 Å². The standard InChI is InChI=1S/C7H4ClN4/c8-4-1-2-5-6(3-4)11-12-7(5)10-9/h1-3H,(H,11,12)/q+1. The molecule has 0 aliphatic rings. The van der Waals surface area contributed by atoms with Crippen molar-refractivity contribution in [2.45, 2.75) is 0 Å². The van der Waals surface area contributed by atoms with Gasteiger partial charge in [-0.25, -0.2) is 0 Å². The minimum atomic E-state index is 0.279. The molecule has 2 rings (SSSR count). The zero-order valence-electron chi connectivity index (χ0n) is 5.95. The molecule has 12 heavy (non-hydrogen) atoms. The van der Waals surface area contributed by atoms with Crippen LogP contribution in [0.5, 0.6) is 0 Å². The fourth-order valence-electron chi connectivity index (χ4n) is 1.05. The van der Waals surface area contributed by atoms with E-state index >= 15 is 0 Å². The second kappa shape index (κ2) is 2.47. The van der Waals surface area contributed by atoms with Crippen LogP contribution in [0.25, 0.3) is 15.9 Å². The molecule has 1 aromatic heterocycles. The number of rotatable bonds is 0. The van der Waals surface area contributed by atoms with Gasteiger partial charge in [0.05, 0.1) is 16.0 Å². The highest BCUT2D eigenvalue weighted by atomic mass is 35.5. The summed E-state index contributed by atoms with van der Waals surface area (Å²) in [7, 11) is 0. The molecule has 0 radical (unpaired) electrons. The molecule has 58 valence electrons. The number of fused-ring (bicyclic) bond motifs is 1. The Morgan fingerprint density at radius 2 is 2.33 bits per heavy atom. The highest BCUT2D eigenvalue weighted by Crippen LogP contribution is 2.24. The van der Waals surface area contributed by atoms with Gasteiger partial charge in [-0.1, -0.05) is 11.6 Å². The lowest BCUT2D eigenvalue weighted by Crippen LogP contribution is -1.66. The van der Waals surface area contributed by atoms with Crippen LogP contribution in [0.4, 0.5) is 5.82 Å². The lowest BCUT2D eigenvalue weighted by molar-refractivity contribution is 1.13. The summed E-state index contributed by atoms with van der Waals surface area (Å²) < 4.78 is 0. The first kappa shape index (κ1) is 7.07. The predicted octanol–water partition coefficient (Wildman–Crippen LogP) is 2.70. The van der Waals surface area contributed by atoms with Gasteiger partial charge in [0.15, 0.2) is 0 Å². The van der Waals surface area contributed by atoms with Crippen molar-refractivity contribution >= 4 is 28.3 Å². The van der Waals surface area contributed by atoms with Crippen LogP contribution in [0, 0.1) is 5.39 Å². The smallest absolute Gasteiger partial charge is 0.183 e. The van der Waals surface area contributed by atoms with E-state index in [4.69, 9.17) is 17.0 Å². The van der Waals surface area contributed by atoms with E-state index in [9.17, 15) is 0 Å². The molecule has 1 N–H and O–H groups in total. The second-order valence-electron chi connectivity index (χ2n) is 2.34. The van der Waals surface area contributed by atoms with Crippen LogP contribution in [0.1, 0.15) is 0 Å². The third kappa shape index (κ3) is 0.917. The molecular formula is C7H4ClN4+. The summed E-state index contributed by atoms with van der Waals surface area (Å²) in [5, 5.41) is 16.3. The third-order valence-electron chi connectivity index (χ3n) is 1.60. The van der Waals surface area contributed by atoms with Crippen LogP contribution in [0.15, 0.2) is 18.2 Å². The van der Waals surface area contributed by atoms with Gasteiger partial charge in [-0.15, -0.1) is 0 Å². The Hall–Kier alpha value is -1.60. The summed E-state index contributed by atoms with van der Waals surface area (Å²) in [6, 6.07) is 5.18. The van der Waals surface area contributed by atoms with Gasteiger partial charge in [0, 0.05) is 10.00 Å². The van der Waals surface area contributed by atoms with Crippen LogP contribution < -0.4 is 0 Å². The molecule has 0 saturated heterocycles. The summed E-state index contributed by atoms with van der Waals surface area (Å²) in [5.74, 6) is 0.279. The zero-order chi connectivity index (χ0) is 8.55. The van der Waals surface area contributed by atoms with Crippen LogP contribution in [0.2, 0.25) is 5.02 Å². The third-order valence-corrected chi connectivity index (χ3v) is 1.83. The number of halogens is 1. The average Bonchev–Trinajstić information content (AvgIpc) is 2.46. The largest absolute Gasteiger partial charge is 0.495 e. The molecule has 4 nitrogen and oxygen atoms in total. The molecule has 0 amide bonds. The molecule has 0 atom stereocenters. The lowest BCUT2D eigenvalue weighted by atomic mass is 10.2. The molecule has 1 aromatic carbocycles. The monoisotopic (exact) mass is 179 g/mol. The fraction of sp³-hybridized carbons (Fsp3) is 0. The maximum atomic E-state index is 8.50. The number of H-pyrrole nitrogens is 1. The molecule has 5 heteroatoms. The van der Waals surface area contributed by atoms with E-state index in [1.165, 1.54) is 0 Å². The Kier molecular flexibility index (Phi) is 1.45.